The Morgan fingerprint density at radius 3 is 2.20 bits per heavy atom. The molecule has 0 aliphatic carbocycles. The second-order valence-corrected chi connectivity index (χ2v) is 7.72. The number of nitrogens with zero attached hydrogens (tertiary/aromatic N) is 1. The van der Waals surface area contributed by atoms with E-state index >= 15 is 0 Å². The molecule has 0 spiro atoms. The highest BCUT2D eigenvalue weighted by Crippen LogP contribution is 2.37. The van der Waals surface area contributed by atoms with E-state index in [1.807, 2.05) is 0 Å². The summed E-state index contributed by atoms with van der Waals surface area (Å²) in [5, 5.41) is -0.0919. The van der Waals surface area contributed by atoms with Gasteiger partial charge in [-0.1, -0.05) is 23.2 Å². The number of rotatable bonds is 4. The van der Waals surface area contributed by atoms with Gasteiger partial charge in [0.1, 0.15) is 5.75 Å². The molecule has 0 N–H and O–H groups in total. The molecule has 0 fully saturated rings. The first-order chi connectivity index (χ1) is 11.5. The summed E-state index contributed by atoms with van der Waals surface area (Å²) in [5.41, 5.74) is -1.31. The first-order valence-corrected chi connectivity index (χ1v) is 8.87. The minimum absolute atomic E-state index is 0.0483. The molecule has 4 nitrogen and oxygen atoms in total. The molecular weight excluding hydrogens is 402 g/mol. The van der Waals surface area contributed by atoms with Gasteiger partial charge in [0.2, 0.25) is 0 Å². The lowest BCUT2D eigenvalue weighted by Crippen LogP contribution is -2.27. The normalized spacial score (nSPS) is 12.1. The maximum Gasteiger partial charge on any atom is 0.416 e. The molecule has 10 heteroatoms. The summed E-state index contributed by atoms with van der Waals surface area (Å²) in [7, 11) is -1.71. The fraction of sp³-hybridized carbons (Fsp3) is 0.200. The summed E-state index contributed by atoms with van der Waals surface area (Å²) in [5.74, 6) is 0.264. The number of hydrogen-bond donors (Lipinski definition) is 0. The molecule has 0 atom stereocenters. The van der Waals surface area contributed by atoms with Crippen LogP contribution in [0.2, 0.25) is 10.0 Å². The number of anilines is 1. The smallest absolute Gasteiger partial charge is 0.416 e. The van der Waals surface area contributed by atoms with Crippen molar-refractivity contribution in [3.05, 3.63) is 52.0 Å². The van der Waals surface area contributed by atoms with Gasteiger partial charge in [0.25, 0.3) is 10.0 Å². The summed E-state index contributed by atoms with van der Waals surface area (Å²) >= 11 is 11.8. The molecule has 0 saturated carbocycles. The molecule has 0 unspecified atom stereocenters. The van der Waals surface area contributed by atoms with Gasteiger partial charge in [0, 0.05) is 7.05 Å². The summed E-state index contributed by atoms with van der Waals surface area (Å²) in [6.07, 6.45) is -4.63. The van der Waals surface area contributed by atoms with E-state index in [9.17, 15) is 21.6 Å². The third-order valence-corrected chi connectivity index (χ3v) is 5.78. The zero-order valence-corrected chi connectivity index (χ0v) is 15.3. The van der Waals surface area contributed by atoms with Gasteiger partial charge in [-0.3, -0.25) is 4.31 Å². The fourth-order valence-corrected chi connectivity index (χ4v) is 3.88. The summed E-state index contributed by atoms with van der Waals surface area (Å²) < 4.78 is 69.6. The molecule has 0 bridgehead atoms. The molecule has 136 valence electrons. The molecule has 0 heterocycles. The zero-order chi connectivity index (χ0) is 19.0. The Kier molecular flexibility index (Phi) is 5.46. The Morgan fingerprint density at radius 1 is 1.04 bits per heavy atom. The minimum Gasteiger partial charge on any atom is -0.495 e. The molecular formula is C15H12Cl2F3NO3S. The SMILES string of the molecule is COc1ccc(S(=O)(=O)N(C)c2cc(C(F)(F)F)ccc2Cl)cc1Cl. The molecule has 0 aliphatic heterocycles. The topological polar surface area (TPSA) is 46.6 Å². The molecule has 0 aliphatic rings. The van der Waals surface area contributed by atoms with Crippen LogP contribution < -0.4 is 9.04 Å². The average Bonchev–Trinajstić information content (AvgIpc) is 2.53. The predicted octanol–water partition coefficient (Wildman–Crippen LogP) is 4.85. The van der Waals surface area contributed by atoms with Crippen LogP contribution in [0.15, 0.2) is 41.3 Å². The van der Waals surface area contributed by atoms with E-state index < -0.39 is 21.8 Å². The van der Waals surface area contributed by atoms with Gasteiger partial charge in [0.05, 0.1) is 33.3 Å². The van der Waals surface area contributed by atoms with Crippen molar-refractivity contribution >= 4 is 38.9 Å². The molecule has 2 aromatic rings. The molecule has 0 radical (unpaired) electrons. The second-order valence-electron chi connectivity index (χ2n) is 4.93. The number of alkyl halides is 3. The molecule has 2 aromatic carbocycles. The van der Waals surface area contributed by atoms with E-state index in [1.165, 1.54) is 19.2 Å². The third-order valence-electron chi connectivity index (χ3n) is 3.39. The molecule has 0 saturated heterocycles. The quantitative estimate of drug-likeness (QED) is 0.719. The highest BCUT2D eigenvalue weighted by atomic mass is 35.5. The van der Waals surface area contributed by atoms with Crippen molar-refractivity contribution in [3.8, 4) is 5.75 Å². The van der Waals surface area contributed by atoms with Gasteiger partial charge in [-0.2, -0.15) is 13.2 Å². The summed E-state index contributed by atoms with van der Waals surface area (Å²) in [6.45, 7) is 0. The van der Waals surface area contributed by atoms with Crippen LogP contribution in [-0.4, -0.2) is 22.6 Å². The second kappa shape index (κ2) is 6.93. The van der Waals surface area contributed by atoms with Crippen LogP contribution in [0.4, 0.5) is 18.9 Å². The lowest BCUT2D eigenvalue weighted by Gasteiger charge is -2.22. The molecule has 0 aromatic heterocycles. The van der Waals surface area contributed by atoms with E-state index in [2.05, 4.69) is 0 Å². The number of sulfonamides is 1. The zero-order valence-electron chi connectivity index (χ0n) is 12.9. The molecule has 0 amide bonds. The van der Waals surface area contributed by atoms with Gasteiger partial charge in [-0.05, 0) is 36.4 Å². The minimum atomic E-state index is -4.63. The number of benzene rings is 2. The van der Waals surface area contributed by atoms with Gasteiger partial charge in [0.15, 0.2) is 0 Å². The van der Waals surface area contributed by atoms with Gasteiger partial charge >= 0.3 is 6.18 Å². The number of methoxy groups -OCH3 is 1. The van der Waals surface area contributed by atoms with Crippen molar-refractivity contribution in [1.29, 1.82) is 0 Å². The van der Waals surface area contributed by atoms with Crippen LogP contribution in [0.25, 0.3) is 0 Å². The molecule has 25 heavy (non-hydrogen) atoms. The van der Waals surface area contributed by atoms with Crippen molar-refractivity contribution < 1.29 is 26.3 Å². The predicted molar refractivity (Wildman–Crippen MR) is 90.0 cm³/mol. The highest BCUT2D eigenvalue weighted by molar-refractivity contribution is 7.92. The van der Waals surface area contributed by atoms with Crippen LogP contribution in [0, 0.1) is 0 Å². The van der Waals surface area contributed by atoms with Crippen LogP contribution in [0.5, 0.6) is 5.75 Å². The lowest BCUT2D eigenvalue weighted by atomic mass is 10.2. The standard InChI is InChI=1S/C15H12Cl2F3NO3S/c1-21(13-7-9(15(18,19)20)3-5-11(13)16)25(22,23)10-4-6-14(24-2)12(17)8-10/h3-8H,1-2H3. The van der Waals surface area contributed by atoms with Crippen molar-refractivity contribution in [2.45, 2.75) is 11.1 Å². The van der Waals surface area contributed by atoms with Crippen LogP contribution >= 0.6 is 23.2 Å². The van der Waals surface area contributed by atoms with Crippen molar-refractivity contribution in [2.75, 3.05) is 18.5 Å². The highest BCUT2D eigenvalue weighted by Gasteiger charge is 2.32. The van der Waals surface area contributed by atoms with Crippen molar-refractivity contribution in [3.63, 3.8) is 0 Å². The number of ether oxygens (including phenoxy) is 1. The first-order valence-electron chi connectivity index (χ1n) is 6.67. The van der Waals surface area contributed by atoms with E-state index in [0.717, 1.165) is 25.2 Å². The first kappa shape index (κ1) is 19.7. The Bertz CT molecular complexity index is 901. The monoisotopic (exact) mass is 413 g/mol. The number of hydrogen-bond acceptors (Lipinski definition) is 3. The van der Waals surface area contributed by atoms with Gasteiger partial charge in [-0.15, -0.1) is 0 Å². The summed E-state index contributed by atoms with van der Waals surface area (Å²) in [4.78, 5) is -0.214. The molecule has 2 rings (SSSR count). The van der Waals surface area contributed by atoms with Crippen LogP contribution in [0.1, 0.15) is 5.56 Å². The third kappa shape index (κ3) is 3.96. The van der Waals surface area contributed by atoms with E-state index in [1.54, 1.807) is 0 Å². The number of halogens is 5. The average molecular weight is 414 g/mol. The van der Waals surface area contributed by atoms with Crippen LogP contribution in [0.3, 0.4) is 0 Å². The Labute approximate surface area is 152 Å². The fourth-order valence-electron chi connectivity index (χ4n) is 2.03. The van der Waals surface area contributed by atoms with Gasteiger partial charge in [-0.25, -0.2) is 8.42 Å². The van der Waals surface area contributed by atoms with Crippen LogP contribution in [-0.2, 0) is 16.2 Å². The van der Waals surface area contributed by atoms with Gasteiger partial charge < -0.3 is 4.74 Å². The Hall–Kier alpha value is -1.64. The Balaban J connectivity index is 2.52. The van der Waals surface area contributed by atoms with E-state index in [-0.39, 0.29) is 26.4 Å². The van der Waals surface area contributed by atoms with E-state index in [0.29, 0.717) is 10.4 Å². The maximum absolute atomic E-state index is 12.9. The Morgan fingerprint density at radius 2 is 1.68 bits per heavy atom. The summed E-state index contributed by atoms with van der Waals surface area (Å²) in [6, 6.07) is 6.16. The van der Waals surface area contributed by atoms with E-state index in [4.69, 9.17) is 27.9 Å². The maximum atomic E-state index is 12.9. The van der Waals surface area contributed by atoms with Crippen molar-refractivity contribution in [2.24, 2.45) is 0 Å². The van der Waals surface area contributed by atoms with Crippen molar-refractivity contribution in [1.82, 2.24) is 0 Å². The largest absolute Gasteiger partial charge is 0.495 e. The lowest BCUT2D eigenvalue weighted by molar-refractivity contribution is -0.137.